The molecule has 1 aliphatic rings. The lowest BCUT2D eigenvalue weighted by Crippen LogP contribution is -2.49. The second-order valence-corrected chi connectivity index (χ2v) is 7.50. The molecular formula is C20H25N3O3S. The minimum atomic E-state index is -0.126. The van der Waals surface area contributed by atoms with Gasteiger partial charge >= 0.3 is 0 Å². The monoisotopic (exact) mass is 387 g/mol. The maximum absolute atomic E-state index is 12.5. The van der Waals surface area contributed by atoms with Crippen molar-refractivity contribution in [2.45, 2.75) is 25.3 Å². The molecule has 1 aliphatic heterocycles. The van der Waals surface area contributed by atoms with Crippen LogP contribution < -0.4 is 15.8 Å². The lowest BCUT2D eigenvalue weighted by atomic mass is 10.0. The number of amides is 2. The quantitative estimate of drug-likeness (QED) is 0.715. The second-order valence-electron chi connectivity index (χ2n) is 6.56. The van der Waals surface area contributed by atoms with Crippen LogP contribution in [0.3, 0.4) is 0 Å². The van der Waals surface area contributed by atoms with Crippen LogP contribution in [0.4, 0.5) is 0 Å². The molecule has 2 heterocycles. The Hall–Kier alpha value is -2.38. The summed E-state index contributed by atoms with van der Waals surface area (Å²) >= 11 is 1.45. The topological polar surface area (TPSA) is 84.7 Å². The molecular weight excluding hydrogens is 362 g/mol. The molecule has 1 atom stereocenters. The van der Waals surface area contributed by atoms with Gasteiger partial charge in [-0.25, -0.2) is 0 Å². The predicted molar refractivity (Wildman–Crippen MR) is 106 cm³/mol. The predicted octanol–water partition coefficient (Wildman–Crippen LogP) is 2.51. The molecule has 3 N–H and O–H groups in total. The highest BCUT2D eigenvalue weighted by Gasteiger charge is 2.26. The largest absolute Gasteiger partial charge is 0.494 e. The highest BCUT2D eigenvalue weighted by molar-refractivity contribution is 7.12. The maximum Gasteiger partial charge on any atom is 0.263 e. The number of hydrogen-bond donors (Lipinski definition) is 2. The number of piperidine rings is 1. The summed E-state index contributed by atoms with van der Waals surface area (Å²) in [5.41, 5.74) is 6.03. The van der Waals surface area contributed by atoms with Crippen LogP contribution in [0.1, 0.15) is 39.3 Å². The number of likely N-dealkylation sites (tertiary alicyclic amines) is 1. The van der Waals surface area contributed by atoms with Crippen LogP contribution >= 0.6 is 11.3 Å². The van der Waals surface area contributed by atoms with Gasteiger partial charge < -0.3 is 20.7 Å². The van der Waals surface area contributed by atoms with E-state index in [0.29, 0.717) is 25.3 Å². The molecule has 0 bridgehead atoms. The zero-order chi connectivity index (χ0) is 19.1. The van der Waals surface area contributed by atoms with Crippen molar-refractivity contribution < 1.29 is 14.3 Å². The standard InChI is InChI=1S/C20H25N3O3S/c21-10-3-12-26-17-8-6-15(7-9-17)19(24)22-16-4-1-11-23(14-16)20(25)18-5-2-13-27-18/h2,5-9,13,16H,1,3-4,10-12,14,21H2,(H,22,24)/t16-/m0/s1. The van der Waals surface area contributed by atoms with E-state index in [-0.39, 0.29) is 17.9 Å². The molecule has 0 radical (unpaired) electrons. The smallest absolute Gasteiger partial charge is 0.263 e. The number of benzene rings is 1. The summed E-state index contributed by atoms with van der Waals surface area (Å²) in [5, 5.41) is 4.95. The van der Waals surface area contributed by atoms with Crippen molar-refractivity contribution in [1.82, 2.24) is 10.2 Å². The van der Waals surface area contributed by atoms with Gasteiger partial charge in [-0.2, -0.15) is 0 Å². The third-order valence-electron chi connectivity index (χ3n) is 4.51. The molecule has 1 saturated heterocycles. The van der Waals surface area contributed by atoms with E-state index in [4.69, 9.17) is 10.5 Å². The van der Waals surface area contributed by atoms with E-state index in [0.717, 1.165) is 36.4 Å². The van der Waals surface area contributed by atoms with Crippen molar-refractivity contribution in [3.63, 3.8) is 0 Å². The molecule has 1 aromatic carbocycles. The molecule has 0 unspecified atom stereocenters. The number of nitrogens with two attached hydrogens (primary N) is 1. The Balaban J connectivity index is 1.53. The van der Waals surface area contributed by atoms with Crippen molar-refractivity contribution in [2.75, 3.05) is 26.2 Å². The Morgan fingerprint density at radius 2 is 2.07 bits per heavy atom. The first-order chi connectivity index (χ1) is 13.2. The summed E-state index contributed by atoms with van der Waals surface area (Å²) < 4.78 is 5.55. The van der Waals surface area contributed by atoms with E-state index in [1.54, 1.807) is 24.3 Å². The summed E-state index contributed by atoms with van der Waals surface area (Å²) in [6, 6.07) is 10.8. The van der Waals surface area contributed by atoms with E-state index < -0.39 is 0 Å². The number of thiophene rings is 1. The van der Waals surface area contributed by atoms with Crippen LogP contribution in [0.15, 0.2) is 41.8 Å². The Morgan fingerprint density at radius 1 is 1.26 bits per heavy atom. The van der Waals surface area contributed by atoms with Gasteiger partial charge in [-0.05, 0) is 61.5 Å². The Labute approximate surface area is 163 Å². The van der Waals surface area contributed by atoms with E-state index in [2.05, 4.69) is 5.32 Å². The van der Waals surface area contributed by atoms with Gasteiger partial charge in [-0.1, -0.05) is 6.07 Å². The molecule has 27 heavy (non-hydrogen) atoms. The van der Waals surface area contributed by atoms with E-state index in [1.165, 1.54) is 11.3 Å². The van der Waals surface area contributed by atoms with Gasteiger partial charge in [0.15, 0.2) is 0 Å². The third kappa shape index (κ3) is 5.30. The molecule has 0 saturated carbocycles. The van der Waals surface area contributed by atoms with Gasteiger partial charge in [0.2, 0.25) is 0 Å². The highest BCUT2D eigenvalue weighted by atomic mass is 32.1. The minimum absolute atomic E-state index is 0.0318. The molecule has 1 fully saturated rings. The van der Waals surface area contributed by atoms with Gasteiger partial charge in [0, 0.05) is 24.7 Å². The first-order valence-electron chi connectivity index (χ1n) is 9.24. The van der Waals surface area contributed by atoms with Gasteiger partial charge in [-0.3, -0.25) is 9.59 Å². The fraction of sp³-hybridized carbons (Fsp3) is 0.400. The summed E-state index contributed by atoms with van der Waals surface area (Å²) in [6.07, 6.45) is 2.56. The van der Waals surface area contributed by atoms with Crippen LogP contribution in [-0.4, -0.2) is 49.0 Å². The maximum atomic E-state index is 12.5. The minimum Gasteiger partial charge on any atom is -0.494 e. The Morgan fingerprint density at radius 3 is 2.78 bits per heavy atom. The van der Waals surface area contributed by atoms with Crippen molar-refractivity contribution in [2.24, 2.45) is 5.73 Å². The lowest BCUT2D eigenvalue weighted by Gasteiger charge is -2.33. The Kier molecular flexibility index (Phi) is 6.84. The number of carbonyl (C=O) groups is 2. The highest BCUT2D eigenvalue weighted by Crippen LogP contribution is 2.18. The fourth-order valence-corrected chi connectivity index (χ4v) is 3.77. The number of nitrogens with one attached hydrogen (secondary N) is 1. The molecule has 2 amide bonds. The zero-order valence-electron chi connectivity index (χ0n) is 15.2. The second kappa shape index (κ2) is 9.53. The summed E-state index contributed by atoms with van der Waals surface area (Å²) in [6.45, 7) is 2.44. The number of carbonyl (C=O) groups excluding carboxylic acids is 2. The molecule has 6 nitrogen and oxygen atoms in total. The van der Waals surface area contributed by atoms with Crippen molar-refractivity contribution in [3.05, 3.63) is 52.2 Å². The van der Waals surface area contributed by atoms with Gasteiger partial charge in [0.25, 0.3) is 11.8 Å². The molecule has 1 aromatic heterocycles. The zero-order valence-corrected chi connectivity index (χ0v) is 16.0. The molecule has 2 aromatic rings. The molecule has 144 valence electrons. The number of nitrogens with zero attached hydrogens (tertiary/aromatic N) is 1. The SMILES string of the molecule is NCCCOc1ccc(C(=O)N[C@H]2CCCN(C(=O)c3cccs3)C2)cc1. The number of hydrogen-bond acceptors (Lipinski definition) is 5. The summed E-state index contributed by atoms with van der Waals surface area (Å²) in [5.74, 6) is 0.646. The molecule has 0 spiro atoms. The molecule has 0 aliphatic carbocycles. The molecule has 3 rings (SSSR count). The Bertz CT molecular complexity index is 746. The average molecular weight is 388 g/mol. The van der Waals surface area contributed by atoms with Crippen LogP contribution in [0.2, 0.25) is 0 Å². The summed E-state index contributed by atoms with van der Waals surface area (Å²) in [7, 11) is 0. The van der Waals surface area contributed by atoms with E-state index in [1.807, 2.05) is 22.4 Å². The lowest BCUT2D eigenvalue weighted by molar-refractivity contribution is 0.0680. The van der Waals surface area contributed by atoms with E-state index in [9.17, 15) is 9.59 Å². The van der Waals surface area contributed by atoms with Gasteiger partial charge in [-0.15, -0.1) is 11.3 Å². The number of ether oxygens (including phenoxy) is 1. The van der Waals surface area contributed by atoms with Crippen molar-refractivity contribution >= 4 is 23.2 Å². The van der Waals surface area contributed by atoms with E-state index >= 15 is 0 Å². The van der Waals surface area contributed by atoms with Crippen LogP contribution in [0.25, 0.3) is 0 Å². The van der Waals surface area contributed by atoms with Crippen molar-refractivity contribution in [3.8, 4) is 5.75 Å². The third-order valence-corrected chi connectivity index (χ3v) is 5.37. The molecule has 7 heteroatoms. The van der Waals surface area contributed by atoms with Gasteiger partial charge in [0.05, 0.1) is 11.5 Å². The average Bonchev–Trinajstić information content (AvgIpc) is 3.23. The van der Waals surface area contributed by atoms with Crippen LogP contribution in [-0.2, 0) is 0 Å². The van der Waals surface area contributed by atoms with Crippen LogP contribution in [0, 0.1) is 0 Å². The normalized spacial score (nSPS) is 16.8. The van der Waals surface area contributed by atoms with Gasteiger partial charge in [0.1, 0.15) is 5.75 Å². The number of rotatable bonds is 7. The fourth-order valence-electron chi connectivity index (χ4n) is 3.08. The first-order valence-corrected chi connectivity index (χ1v) is 10.1. The first kappa shape index (κ1) is 19.4. The van der Waals surface area contributed by atoms with Crippen molar-refractivity contribution in [1.29, 1.82) is 0 Å². The summed E-state index contributed by atoms with van der Waals surface area (Å²) in [4.78, 5) is 27.6. The van der Waals surface area contributed by atoms with Crippen LogP contribution in [0.5, 0.6) is 5.75 Å².